The molecule has 96 valence electrons. The van der Waals surface area contributed by atoms with Gasteiger partial charge >= 0.3 is 0 Å². The smallest absolute Gasteiger partial charge is 0.119 e. The maximum atomic E-state index is 6.41. The zero-order chi connectivity index (χ0) is 12.1. The third kappa shape index (κ3) is 1.83. The first-order chi connectivity index (χ1) is 8.83. The van der Waals surface area contributed by atoms with E-state index in [9.17, 15) is 0 Å². The predicted molar refractivity (Wildman–Crippen MR) is 71.3 cm³/mol. The summed E-state index contributed by atoms with van der Waals surface area (Å²) in [5.41, 5.74) is 7.70. The van der Waals surface area contributed by atoms with Crippen molar-refractivity contribution < 1.29 is 4.74 Å². The zero-order valence-electron chi connectivity index (χ0n) is 10.7. The van der Waals surface area contributed by atoms with E-state index in [0.29, 0.717) is 6.10 Å². The molecule has 2 nitrogen and oxygen atoms in total. The lowest BCUT2D eigenvalue weighted by atomic mass is 9.98. The Morgan fingerprint density at radius 2 is 1.67 bits per heavy atom. The summed E-state index contributed by atoms with van der Waals surface area (Å²) < 4.78 is 5.77. The summed E-state index contributed by atoms with van der Waals surface area (Å²) in [7, 11) is 0. The van der Waals surface area contributed by atoms with Gasteiger partial charge in [0.1, 0.15) is 5.75 Å². The highest BCUT2D eigenvalue weighted by Crippen LogP contribution is 2.61. The molecule has 0 bridgehead atoms. The Balaban J connectivity index is 1.44. The van der Waals surface area contributed by atoms with Crippen molar-refractivity contribution in [3.63, 3.8) is 0 Å². The van der Waals surface area contributed by atoms with Gasteiger partial charge in [-0.3, -0.25) is 0 Å². The van der Waals surface area contributed by atoms with Crippen LogP contribution in [0.15, 0.2) is 24.3 Å². The number of nitrogens with two attached hydrogens (primary N) is 1. The molecule has 1 aromatic carbocycles. The molecule has 0 spiro atoms. The van der Waals surface area contributed by atoms with Crippen LogP contribution in [0.2, 0.25) is 0 Å². The third-order valence-corrected chi connectivity index (χ3v) is 4.98. The lowest BCUT2D eigenvalue weighted by molar-refractivity contribution is 0.303. The maximum absolute atomic E-state index is 6.41. The van der Waals surface area contributed by atoms with Crippen molar-refractivity contribution in [2.24, 2.45) is 23.5 Å². The largest absolute Gasteiger partial charge is 0.490 e. The molecule has 1 aromatic rings. The van der Waals surface area contributed by atoms with Crippen LogP contribution in [0.25, 0.3) is 0 Å². The highest BCUT2D eigenvalue weighted by atomic mass is 16.5. The fourth-order valence-corrected chi connectivity index (χ4v) is 3.78. The molecule has 2 heteroatoms. The van der Waals surface area contributed by atoms with E-state index >= 15 is 0 Å². The number of hydrogen-bond donors (Lipinski definition) is 1. The second kappa shape index (κ2) is 3.99. The van der Waals surface area contributed by atoms with Crippen LogP contribution in [0, 0.1) is 17.8 Å². The average molecular weight is 243 g/mol. The Hall–Kier alpha value is -1.02. The van der Waals surface area contributed by atoms with Crippen LogP contribution in [-0.2, 0) is 0 Å². The van der Waals surface area contributed by atoms with Gasteiger partial charge in [-0.25, -0.2) is 0 Å². The SMILES string of the molecule is NC(c1ccc(OC2CC2)cc1)C1C2CCCC21. The van der Waals surface area contributed by atoms with Crippen LogP contribution in [0.4, 0.5) is 0 Å². The highest BCUT2D eigenvalue weighted by Gasteiger charge is 2.55. The molecule has 0 amide bonds. The fourth-order valence-electron chi connectivity index (χ4n) is 3.78. The predicted octanol–water partition coefficient (Wildman–Crippen LogP) is 3.27. The Morgan fingerprint density at radius 1 is 1.00 bits per heavy atom. The molecule has 0 radical (unpaired) electrons. The summed E-state index contributed by atoms with van der Waals surface area (Å²) in [5.74, 6) is 3.63. The summed E-state index contributed by atoms with van der Waals surface area (Å²) >= 11 is 0. The van der Waals surface area contributed by atoms with E-state index in [1.165, 1.54) is 37.7 Å². The Labute approximate surface area is 109 Å². The van der Waals surface area contributed by atoms with Crippen molar-refractivity contribution in [2.75, 3.05) is 0 Å². The maximum Gasteiger partial charge on any atom is 0.119 e. The van der Waals surface area contributed by atoms with E-state index in [4.69, 9.17) is 10.5 Å². The van der Waals surface area contributed by atoms with Gasteiger partial charge in [0, 0.05) is 6.04 Å². The zero-order valence-corrected chi connectivity index (χ0v) is 10.7. The van der Waals surface area contributed by atoms with Gasteiger partial charge in [0.05, 0.1) is 6.10 Å². The summed E-state index contributed by atoms with van der Waals surface area (Å²) in [6.07, 6.45) is 7.15. The van der Waals surface area contributed by atoms with Crippen LogP contribution in [0.3, 0.4) is 0 Å². The molecule has 3 atom stereocenters. The van der Waals surface area contributed by atoms with Crippen LogP contribution in [-0.4, -0.2) is 6.10 Å². The van der Waals surface area contributed by atoms with E-state index in [1.54, 1.807) is 0 Å². The summed E-state index contributed by atoms with van der Waals surface area (Å²) in [4.78, 5) is 0. The van der Waals surface area contributed by atoms with Crippen LogP contribution in [0.1, 0.15) is 43.7 Å². The van der Waals surface area contributed by atoms with Crippen molar-refractivity contribution >= 4 is 0 Å². The second-order valence-electron chi connectivity index (χ2n) is 6.25. The molecule has 0 heterocycles. The van der Waals surface area contributed by atoms with Gasteiger partial charge in [0.15, 0.2) is 0 Å². The molecular formula is C16H21NO. The minimum absolute atomic E-state index is 0.246. The Bertz CT molecular complexity index is 427. The summed E-state index contributed by atoms with van der Waals surface area (Å²) in [5, 5.41) is 0. The molecule has 3 saturated carbocycles. The molecular weight excluding hydrogens is 222 g/mol. The van der Waals surface area contributed by atoms with E-state index in [1.807, 2.05) is 0 Å². The van der Waals surface area contributed by atoms with Crippen molar-refractivity contribution in [3.05, 3.63) is 29.8 Å². The number of benzene rings is 1. The highest BCUT2D eigenvalue weighted by molar-refractivity contribution is 5.31. The molecule has 3 aliphatic rings. The first kappa shape index (κ1) is 10.9. The standard InChI is InChI=1S/C16H21NO/c17-16(15-13-2-1-3-14(13)15)10-4-6-11(7-5-10)18-12-8-9-12/h4-7,12-16H,1-3,8-9,17H2. The lowest BCUT2D eigenvalue weighted by Gasteiger charge is -2.14. The Morgan fingerprint density at radius 3 is 2.28 bits per heavy atom. The topological polar surface area (TPSA) is 35.2 Å². The first-order valence-electron chi connectivity index (χ1n) is 7.35. The van der Waals surface area contributed by atoms with Crippen LogP contribution >= 0.6 is 0 Å². The molecule has 3 unspecified atom stereocenters. The summed E-state index contributed by atoms with van der Waals surface area (Å²) in [6.45, 7) is 0. The van der Waals surface area contributed by atoms with Gasteiger partial charge in [0.2, 0.25) is 0 Å². The van der Waals surface area contributed by atoms with Crippen molar-refractivity contribution in [1.82, 2.24) is 0 Å². The van der Waals surface area contributed by atoms with Crippen LogP contribution in [0.5, 0.6) is 5.75 Å². The van der Waals surface area contributed by atoms with E-state index in [0.717, 1.165) is 23.5 Å². The van der Waals surface area contributed by atoms with Crippen molar-refractivity contribution in [3.8, 4) is 5.75 Å². The minimum Gasteiger partial charge on any atom is -0.490 e. The van der Waals surface area contributed by atoms with E-state index in [2.05, 4.69) is 24.3 Å². The average Bonchev–Trinajstić information content (AvgIpc) is 3.29. The van der Waals surface area contributed by atoms with Gasteiger partial charge in [-0.2, -0.15) is 0 Å². The normalized spacial score (nSPS) is 35.1. The first-order valence-corrected chi connectivity index (χ1v) is 7.35. The Kier molecular flexibility index (Phi) is 2.41. The van der Waals surface area contributed by atoms with Crippen molar-refractivity contribution in [2.45, 2.75) is 44.2 Å². The molecule has 3 fully saturated rings. The number of hydrogen-bond acceptors (Lipinski definition) is 2. The molecule has 18 heavy (non-hydrogen) atoms. The van der Waals surface area contributed by atoms with Gasteiger partial charge in [-0.15, -0.1) is 0 Å². The van der Waals surface area contributed by atoms with Crippen molar-refractivity contribution in [1.29, 1.82) is 0 Å². The minimum atomic E-state index is 0.246. The van der Waals surface area contributed by atoms with Crippen LogP contribution < -0.4 is 10.5 Å². The van der Waals surface area contributed by atoms with E-state index < -0.39 is 0 Å². The molecule has 0 saturated heterocycles. The molecule has 0 aromatic heterocycles. The molecule has 2 N–H and O–H groups in total. The lowest BCUT2D eigenvalue weighted by Crippen LogP contribution is -2.15. The van der Waals surface area contributed by atoms with E-state index in [-0.39, 0.29) is 6.04 Å². The van der Waals surface area contributed by atoms with Gasteiger partial charge in [-0.1, -0.05) is 18.6 Å². The third-order valence-electron chi connectivity index (χ3n) is 4.98. The second-order valence-corrected chi connectivity index (χ2v) is 6.25. The molecule has 3 aliphatic carbocycles. The van der Waals surface area contributed by atoms with Gasteiger partial charge < -0.3 is 10.5 Å². The fraction of sp³-hybridized carbons (Fsp3) is 0.625. The monoisotopic (exact) mass is 243 g/mol. The summed E-state index contributed by atoms with van der Waals surface area (Å²) in [6, 6.07) is 8.75. The quantitative estimate of drug-likeness (QED) is 0.880. The van der Waals surface area contributed by atoms with Gasteiger partial charge in [-0.05, 0) is 61.1 Å². The number of fused-ring (bicyclic) bond motifs is 1. The molecule has 0 aliphatic heterocycles. The number of ether oxygens (including phenoxy) is 1. The van der Waals surface area contributed by atoms with Gasteiger partial charge in [0.25, 0.3) is 0 Å². The number of rotatable bonds is 4. The molecule has 4 rings (SSSR count).